The van der Waals surface area contributed by atoms with Crippen LogP contribution in [0.15, 0.2) is 57.7 Å². The summed E-state index contributed by atoms with van der Waals surface area (Å²) in [5.74, 6) is 4.73. The molecule has 0 saturated carbocycles. The van der Waals surface area contributed by atoms with Crippen LogP contribution in [-0.2, 0) is 6.61 Å². The Morgan fingerprint density at radius 2 is 1.92 bits per heavy atom. The molecule has 0 atom stereocenters. The van der Waals surface area contributed by atoms with E-state index in [0.717, 1.165) is 5.56 Å². The number of nitrogens with zero attached hydrogens (tertiary/aromatic N) is 1. The number of carbonyl (C=O) groups is 1. The molecule has 9 nitrogen and oxygen atoms in total. The van der Waals surface area contributed by atoms with Gasteiger partial charge in [-0.25, -0.2) is 10.6 Å². The quantitative estimate of drug-likeness (QED) is 0.234. The van der Waals surface area contributed by atoms with Crippen molar-refractivity contribution >= 4 is 22.6 Å². The molecule has 132 valence electrons. The van der Waals surface area contributed by atoms with Crippen molar-refractivity contribution in [2.45, 2.75) is 6.61 Å². The minimum absolute atomic E-state index is 0.00134. The van der Waals surface area contributed by atoms with Crippen LogP contribution in [0.5, 0.6) is 5.75 Å². The van der Waals surface area contributed by atoms with Crippen molar-refractivity contribution in [3.05, 3.63) is 80.2 Å². The van der Waals surface area contributed by atoms with Gasteiger partial charge in [0.2, 0.25) is 0 Å². The standard InChI is InChI=1S/C17H13N3O6/c18-19-16(21)14-7-11-3-6-13(8-15(11)26-17(14)22)25-9-10-1-4-12(5-2-10)20(23)24/h1-8H,9,18H2,(H,19,21). The molecule has 0 fully saturated rings. The Balaban J connectivity index is 1.79. The van der Waals surface area contributed by atoms with Crippen LogP contribution in [0.2, 0.25) is 0 Å². The predicted octanol–water partition coefficient (Wildman–Crippen LogP) is 1.88. The summed E-state index contributed by atoms with van der Waals surface area (Å²) in [6.07, 6.45) is 0. The van der Waals surface area contributed by atoms with Crippen molar-refractivity contribution < 1.29 is 18.9 Å². The first-order valence-corrected chi connectivity index (χ1v) is 7.43. The van der Waals surface area contributed by atoms with E-state index in [1.54, 1.807) is 24.3 Å². The smallest absolute Gasteiger partial charge is 0.349 e. The second kappa shape index (κ2) is 7.03. The summed E-state index contributed by atoms with van der Waals surface area (Å²) in [5.41, 5.74) is 1.87. The highest BCUT2D eigenvalue weighted by Gasteiger charge is 2.13. The maximum Gasteiger partial charge on any atom is 0.349 e. The van der Waals surface area contributed by atoms with E-state index >= 15 is 0 Å². The fourth-order valence-electron chi connectivity index (χ4n) is 2.30. The van der Waals surface area contributed by atoms with Crippen LogP contribution in [0, 0.1) is 10.1 Å². The highest BCUT2D eigenvalue weighted by Crippen LogP contribution is 2.22. The number of amides is 1. The second-order valence-electron chi connectivity index (χ2n) is 5.33. The summed E-state index contributed by atoms with van der Waals surface area (Å²) >= 11 is 0. The summed E-state index contributed by atoms with van der Waals surface area (Å²) in [7, 11) is 0. The van der Waals surface area contributed by atoms with Gasteiger partial charge in [-0.15, -0.1) is 0 Å². The molecule has 3 N–H and O–H groups in total. The van der Waals surface area contributed by atoms with Crippen molar-refractivity contribution in [2.24, 2.45) is 5.84 Å². The van der Waals surface area contributed by atoms with Crippen molar-refractivity contribution in [2.75, 3.05) is 0 Å². The summed E-state index contributed by atoms with van der Waals surface area (Å²) in [6.45, 7) is 0.182. The fraction of sp³-hybridized carbons (Fsp3) is 0.0588. The molecule has 1 aromatic heterocycles. The number of benzene rings is 2. The van der Waals surface area contributed by atoms with Crippen molar-refractivity contribution in [3.63, 3.8) is 0 Å². The number of hydrogen-bond acceptors (Lipinski definition) is 7. The number of nitro benzene ring substituents is 1. The third kappa shape index (κ3) is 3.52. The number of rotatable bonds is 5. The number of carbonyl (C=O) groups excluding carboxylic acids is 1. The first kappa shape index (κ1) is 17.1. The lowest BCUT2D eigenvalue weighted by Gasteiger charge is -2.07. The third-order valence-corrected chi connectivity index (χ3v) is 3.64. The largest absolute Gasteiger partial charge is 0.489 e. The topological polar surface area (TPSA) is 138 Å². The van der Waals surface area contributed by atoms with Gasteiger partial charge in [0.1, 0.15) is 23.5 Å². The lowest BCUT2D eigenvalue weighted by Crippen LogP contribution is -2.33. The SMILES string of the molecule is NNC(=O)c1cc2ccc(OCc3ccc([N+](=O)[O-])cc3)cc2oc1=O. The number of non-ortho nitro benzene ring substituents is 1. The number of nitro groups is 1. The van der Waals surface area contributed by atoms with Crippen molar-refractivity contribution in [1.82, 2.24) is 5.43 Å². The molecule has 0 saturated heterocycles. The van der Waals surface area contributed by atoms with Crippen LogP contribution < -0.4 is 21.6 Å². The van der Waals surface area contributed by atoms with Gasteiger partial charge in [0.05, 0.1) is 4.92 Å². The van der Waals surface area contributed by atoms with Crippen molar-refractivity contribution in [3.8, 4) is 5.75 Å². The second-order valence-corrected chi connectivity index (χ2v) is 5.33. The third-order valence-electron chi connectivity index (χ3n) is 3.64. The number of hydrazine groups is 1. The molecule has 2 aromatic carbocycles. The maximum atomic E-state index is 11.8. The van der Waals surface area contributed by atoms with E-state index in [1.165, 1.54) is 24.3 Å². The van der Waals surface area contributed by atoms with E-state index in [4.69, 9.17) is 15.0 Å². The van der Waals surface area contributed by atoms with E-state index < -0.39 is 16.5 Å². The molecule has 0 radical (unpaired) electrons. The predicted molar refractivity (Wildman–Crippen MR) is 91.6 cm³/mol. The van der Waals surface area contributed by atoms with E-state index in [9.17, 15) is 19.7 Å². The summed E-state index contributed by atoms with van der Waals surface area (Å²) in [4.78, 5) is 33.5. The molecule has 0 bridgehead atoms. The summed E-state index contributed by atoms with van der Waals surface area (Å²) in [5, 5.41) is 11.2. The molecule has 0 spiro atoms. The Kier molecular flexibility index (Phi) is 4.63. The van der Waals surface area contributed by atoms with Crippen LogP contribution in [0.3, 0.4) is 0 Å². The van der Waals surface area contributed by atoms with Gasteiger partial charge in [0.15, 0.2) is 0 Å². The fourth-order valence-corrected chi connectivity index (χ4v) is 2.30. The van der Waals surface area contributed by atoms with Gasteiger partial charge in [0, 0.05) is 23.6 Å². The van der Waals surface area contributed by atoms with Gasteiger partial charge in [-0.05, 0) is 35.9 Å². The lowest BCUT2D eigenvalue weighted by molar-refractivity contribution is -0.384. The van der Waals surface area contributed by atoms with E-state index in [1.807, 2.05) is 5.43 Å². The Morgan fingerprint density at radius 1 is 1.19 bits per heavy atom. The van der Waals surface area contributed by atoms with E-state index in [-0.39, 0.29) is 23.4 Å². The van der Waals surface area contributed by atoms with Crippen molar-refractivity contribution in [1.29, 1.82) is 0 Å². The van der Waals surface area contributed by atoms with Gasteiger partial charge in [-0.3, -0.25) is 20.3 Å². The average molecular weight is 355 g/mol. The van der Waals surface area contributed by atoms with Gasteiger partial charge >= 0.3 is 5.63 Å². The molecule has 3 aromatic rings. The number of nitrogens with one attached hydrogen (secondary N) is 1. The van der Waals surface area contributed by atoms with Crippen LogP contribution in [0.4, 0.5) is 5.69 Å². The zero-order valence-electron chi connectivity index (χ0n) is 13.3. The molecular formula is C17H13N3O6. The highest BCUT2D eigenvalue weighted by molar-refractivity contribution is 5.96. The Bertz CT molecular complexity index is 1040. The first-order chi connectivity index (χ1) is 12.5. The minimum atomic E-state index is -0.812. The molecule has 3 rings (SSSR count). The van der Waals surface area contributed by atoms with E-state index in [2.05, 4.69) is 0 Å². The zero-order chi connectivity index (χ0) is 18.7. The summed E-state index contributed by atoms with van der Waals surface area (Å²) in [6, 6.07) is 12.2. The van der Waals surface area contributed by atoms with Gasteiger partial charge in [-0.1, -0.05) is 0 Å². The molecule has 1 amide bonds. The average Bonchev–Trinajstić information content (AvgIpc) is 2.65. The molecule has 26 heavy (non-hydrogen) atoms. The van der Waals surface area contributed by atoms with Gasteiger partial charge in [0.25, 0.3) is 11.6 Å². The molecule has 1 heterocycles. The minimum Gasteiger partial charge on any atom is -0.489 e. The lowest BCUT2D eigenvalue weighted by atomic mass is 10.1. The number of fused-ring (bicyclic) bond motifs is 1. The van der Waals surface area contributed by atoms with Gasteiger partial charge < -0.3 is 9.15 Å². The van der Waals surface area contributed by atoms with Crippen LogP contribution in [0.25, 0.3) is 11.0 Å². The zero-order valence-corrected chi connectivity index (χ0v) is 13.3. The van der Waals surface area contributed by atoms with E-state index in [0.29, 0.717) is 11.1 Å². The molecule has 9 heteroatoms. The molecule has 0 aliphatic carbocycles. The molecule has 0 aliphatic rings. The Labute approximate surface area is 146 Å². The van der Waals surface area contributed by atoms with Crippen LogP contribution >= 0.6 is 0 Å². The highest BCUT2D eigenvalue weighted by atomic mass is 16.6. The molecule has 0 aliphatic heterocycles. The normalized spacial score (nSPS) is 10.5. The van der Waals surface area contributed by atoms with Crippen LogP contribution in [-0.4, -0.2) is 10.8 Å². The monoisotopic (exact) mass is 355 g/mol. The number of nitrogens with two attached hydrogens (primary N) is 1. The number of nitrogen functional groups attached to an aromatic ring is 1. The Morgan fingerprint density at radius 3 is 2.58 bits per heavy atom. The maximum absolute atomic E-state index is 11.8. The molecular weight excluding hydrogens is 342 g/mol. The molecule has 0 unspecified atom stereocenters. The number of hydrogen-bond donors (Lipinski definition) is 2. The van der Waals surface area contributed by atoms with Crippen LogP contribution in [0.1, 0.15) is 15.9 Å². The van der Waals surface area contributed by atoms with Gasteiger partial charge in [-0.2, -0.15) is 0 Å². The first-order valence-electron chi connectivity index (χ1n) is 7.43. The summed E-state index contributed by atoms with van der Waals surface area (Å²) < 4.78 is 10.7. The number of ether oxygens (including phenoxy) is 1. The Hall–Kier alpha value is -3.72.